The van der Waals surface area contributed by atoms with Crippen molar-refractivity contribution >= 4 is 43.4 Å². The summed E-state index contributed by atoms with van der Waals surface area (Å²) in [6.07, 6.45) is 13.5. The molecule has 0 radical (unpaired) electrons. The van der Waals surface area contributed by atoms with Gasteiger partial charge in [0.15, 0.2) is 0 Å². The Balaban J connectivity index is 0.00000225. The molecular formula is C45H56Cl2Zr. The molecule has 0 heterocycles. The van der Waals surface area contributed by atoms with Gasteiger partial charge in [-0.25, -0.2) is 0 Å². The summed E-state index contributed by atoms with van der Waals surface area (Å²) in [5.41, 5.74) is 16.5. The fourth-order valence-electron chi connectivity index (χ4n) is 10.0. The molecule has 0 spiro atoms. The normalized spacial score (nSPS) is 20.4. The molecule has 7 rings (SSSR count). The van der Waals surface area contributed by atoms with Crippen molar-refractivity contribution in [1.29, 1.82) is 0 Å². The quantitative estimate of drug-likeness (QED) is 0.194. The first kappa shape index (κ1) is 37.2. The molecule has 3 aromatic rings. The predicted octanol–water partition coefficient (Wildman–Crippen LogP) is 12.8. The SMILES string of the molecule is Cl.Cl.[CH2]=[Zr]([CH2]C)([C]1=CC(C(C)(C)C)=CC1)([c]1ccccc1)[CH]1C=C(C)c2cc3c(cc2C1(C)C)Cc1cc2c(cc1-3)C(C)=CCC2(C)C. The van der Waals surface area contributed by atoms with E-state index < -0.39 is 18.3 Å². The molecule has 0 aromatic heterocycles. The van der Waals surface area contributed by atoms with Crippen molar-refractivity contribution in [1.82, 2.24) is 0 Å². The fraction of sp³-hybridized carbons (Fsp3) is 0.400. The number of fused-ring (bicyclic) bond motifs is 5. The molecular weight excluding hydrogens is 703 g/mol. The number of rotatable bonds is 4. The summed E-state index contributed by atoms with van der Waals surface area (Å²) in [6, 6.07) is 21.9. The number of halogens is 2. The molecule has 0 saturated carbocycles. The Morgan fingerprint density at radius 2 is 1.38 bits per heavy atom. The van der Waals surface area contributed by atoms with E-state index in [9.17, 15) is 0 Å². The van der Waals surface area contributed by atoms with Gasteiger partial charge >= 0.3 is 282 Å². The molecule has 0 saturated heterocycles. The molecule has 3 aromatic carbocycles. The van der Waals surface area contributed by atoms with Crippen LogP contribution in [0.15, 0.2) is 87.8 Å². The van der Waals surface area contributed by atoms with Crippen molar-refractivity contribution in [3.63, 3.8) is 0 Å². The number of benzene rings is 3. The van der Waals surface area contributed by atoms with Crippen molar-refractivity contribution in [3.05, 3.63) is 121 Å². The molecule has 0 aliphatic heterocycles. The van der Waals surface area contributed by atoms with E-state index >= 15 is 0 Å². The number of hydrogen-bond donors (Lipinski definition) is 0. The first-order chi connectivity index (χ1) is 21.5. The van der Waals surface area contributed by atoms with Crippen molar-refractivity contribution in [3.8, 4) is 11.1 Å². The van der Waals surface area contributed by atoms with E-state index in [1.54, 1.807) is 3.28 Å². The Hall–Kier alpha value is -2.05. The van der Waals surface area contributed by atoms with Gasteiger partial charge in [-0.1, -0.05) is 0 Å². The summed E-state index contributed by atoms with van der Waals surface area (Å²) in [4.78, 5) is 0. The van der Waals surface area contributed by atoms with Gasteiger partial charge in [-0.2, -0.15) is 0 Å². The van der Waals surface area contributed by atoms with Gasteiger partial charge in [0.25, 0.3) is 0 Å². The van der Waals surface area contributed by atoms with Crippen LogP contribution in [0.5, 0.6) is 0 Å². The van der Waals surface area contributed by atoms with Crippen molar-refractivity contribution in [2.24, 2.45) is 5.41 Å². The number of allylic oxidation sites excluding steroid dienone is 8. The van der Waals surface area contributed by atoms with Gasteiger partial charge in [0, 0.05) is 0 Å². The monoisotopic (exact) mass is 756 g/mol. The van der Waals surface area contributed by atoms with Crippen LogP contribution in [-0.4, -0.2) is 4.21 Å². The standard InChI is InChI=1S/C27H29.C9H13.C6H5.C2H5.CH2.2ClH.Zr/c1-16-7-9-26(3,4)24-12-18-11-19-13-25-21(17(2)8-10-27(25,5)6)15-23(19)22(18)14-20(16)24;1-9(2,3)8-6-4-5-7-8;1-2-4-6-5-3-1;1-2;;;;/h7-9,12-15H,10-11H2,1-6H3;6-7H,4H2,1-3H3;1-5H;1H2,2H3;1H2;2*1H;. The van der Waals surface area contributed by atoms with Gasteiger partial charge < -0.3 is 0 Å². The first-order valence-corrected chi connectivity index (χ1v) is 25.1. The molecule has 48 heavy (non-hydrogen) atoms. The summed E-state index contributed by atoms with van der Waals surface area (Å²) in [5, 5.41) is 0. The average molecular weight is 759 g/mol. The van der Waals surface area contributed by atoms with E-state index in [0.717, 1.165) is 23.4 Å². The number of hydrogen-bond acceptors (Lipinski definition) is 0. The molecule has 4 aliphatic rings. The Kier molecular flexibility index (Phi) is 9.33. The summed E-state index contributed by atoms with van der Waals surface area (Å²) in [7, 11) is 0. The topological polar surface area (TPSA) is 0 Å². The molecule has 0 fully saturated rings. The Morgan fingerprint density at radius 1 is 0.792 bits per heavy atom. The Morgan fingerprint density at radius 3 is 1.94 bits per heavy atom. The maximum atomic E-state index is 5.64. The summed E-state index contributed by atoms with van der Waals surface area (Å²) in [6.45, 7) is 24.1. The van der Waals surface area contributed by atoms with E-state index in [1.165, 1.54) is 64.5 Å². The maximum absolute atomic E-state index is 5.64. The minimum absolute atomic E-state index is 0. The molecule has 254 valence electrons. The van der Waals surface area contributed by atoms with Gasteiger partial charge in [0.1, 0.15) is 0 Å². The molecule has 0 nitrogen and oxygen atoms in total. The fourth-order valence-corrected chi connectivity index (χ4v) is 27.5. The van der Waals surface area contributed by atoms with Gasteiger partial charge in [-0.15, -0.1) is 24.8 Å². The predicted molar refractivity (Wildman–Crippen MR) is 215 cm³/mol. The zero-order valence-electron chi connectivity index (χ0n) is 30.9. The third-order valence-electron chi connectivity index (χ3n) is 13.1. The van der Waals surface area contributed by atoms with Gasteiger partial charge in [-0.05, 0) is 0 Å². The summed E-state index contributed by atoms with van der Waals surface area (Å²) in [5.74, 6) is 0. The second-order valence-electron chi connectivity index (χ2n) is 17.6. The van der Waals surface area contributed by atoms with Crippen LogP contribution in [0.25, 0.3) is 22.3 Å². The van der Waals surface area contributed by atoms with Gasteiger partial charge in [0.2, 0.25) is 0 Å². The second kappa shape index (κ2) is 12.0. The molecule has 4 aliphatic carbocycles. The van der Waals surface area contributed by atoms with E-state index in [-0.39, 0.29) is 41.1 Å². The molecule has 0 amide bonds. The molecule has 0 N–H and O–H groups in total. The first-order valence-electron chi connectivity index (χ1n) is 17.7. The molecule has 3 heteroatoms. The average Bonchev–Trinajstić information content (AvgIpc) is 3.66. The van der Waals surface area contributed by atoms with Gasteiger partial charge in [0.05, 0.1) is 0 Å². The zero-order valence-corrected chi connectivity index (χ0v) is 35.0. The zero-order chi connectivity index (χ0) is 33.1. The molecule has 1 unspecified atom stereocenters. The van der Waals surface area contributed by atoms with Crippen LogP contribution < -0.4 is 3.27 Å². The minimum atomic E-state index is -4.24. The van der Waals surface area contributed by atoms with E-state index in [4.69, 9.17) is 4.21 Å². The summed E-state index contributed by atoms with van der Waals surface area (Å²) >= 11 is -4.24. The van der Waals surface area contributed by atoms with Gasteiger partial charge in [-0.3, -0.25) is 0 Å². The molecule has 0 bridgehead atoms. The van der Waals surface area contributed by atoms with E-state index in [1.807, 2.05) is 0 Å². The van der Waals surface area contributed by atoms with Crippen molar-refractivity contribution < 1.29 is 18.3 Å². The molecule has 1 atom stereocenters. The van der Waals surface area contributed by atoms with Crippen molar-refractivity contribution in [2.75, 3.05) is 0 Å². The Labute approximate surface area is 304 Å². The van der Waals surface area contributed by atoms with Crippen LogP contribution in [-0.2, 0) is 35.5 Å². The van der Waals surface area contributed by atoms with Crippen LogP contribution in [0.4, 0.5) is 0 Å². The van der Waals surface area contributed by atoms with Crippen LogP contribution >= 0.6 is 24.8 Å². The van der Waals surface area contributed by atoms with E-state index in [0.29, 0.717) is 3.63 Å². The van der Waals surface area contributed by atoms with Crippen LogP contribution in [0.2, 0.25) is 7.75 Å². The second-order valence-corrected chi connectivity index (χ2v) is 32.6. The van der Waals surface area contributed by atoms with E-state index in [2.05, 4.69) is 148 Å². The third-order valence-corrected chi connectivity index (χ3v) is 32.1. The van der Waals surface area contributed by atoms with Crippen molar-refractivity contribution in [2.45, 2.75) is 107 Å². The van der Waals surface area contributed by atoms with Crippen LogP contribution in [0.1, 0.15) is 115 Å². The third kappa shape index (κ3) is 5.19. The summed E-state index contributed by atoms with van der Waals surface area (Å²) < 4.78 is 10.4. The Bertz CT molecular complexity index is 2010. The van der Waals surface area contributed by atoms with Crippen LogP contribution in [0, 0.1) is 5.41 Å². The van der Waals surface area contributed by atoms with Crippen LogP contribution in [0.3, 0.4) is 0 Å².